The van der Waals surface area contributed by atoms with Crippen molar-refractivity contribution < 1.29 is 18.7 Å². The van der Waals surface area contributed by atoms with Gasteiger partial charge in [-0.2, -0.15) is 0 Å². The summed E-state index contributed by atoms with van der Waals surface area (Å²) in [7, 11) is 1.52. The molecule has 1 saturated heterocycles. The Morgan fingerprint density at radius 3 is 2.55 bits per heavy atom. The molecule has 6 nitrogen and oxygen atoms in total. The van der Waals surface area contributed by atoms with Crippen molar-refractivity contribution in [2.45, 2.75) is 31.7 Å². The quantitative estimate of drug-likeness (QED) is 0.427. The molecular weight excluding hydrogens is 462 g/mol. The van der Waals surface area contributed by atoms with Crippen LogP contribution < -0.4 is 20.5 Å². The van der Waals surface area contributed by atoms with E-state index in [1.165, 1.54) is 19.2 Å². The molecule has 0 unspecified atom stereocenters. The van der Waals surface area contributed by atoms with Crippen LogP contribution in [0, 0.1) is 5.82 Å². The molecule has 1 fully saturated rings. The number of amides is 1. The molecule has 0 radical (unpaired) electrons. The molecule has 1 heterocycles. The number of hydrogen-bond donors (Lipinski definition) is 2. The number of methoxy groups -OCH3 is 1. The minimum absolute atomic E-state index is 0.166. The zero-order valence-electron chi connectivity index (χ0n) is 17.9. The Balaban J connectivity index is 1.45. The van der Waals surface area contributed by atoms with Gasteiger partial charge >= 0.3 is 0 Å². The molecule has 31 heavy (non-hydrogen) atoms. The summed E-state index contributed by atoms with van der Waals surface area (Å²) in [6.07, 6.45) is 2.60. The van der Waals surface area contributed by atoms with Gasteiger partial charge in [0, 0.05) is 30.9 Å². The van der Waals surface area contributed by atoms with Crippen molar-refractivity contribution in [2.24, 2.45) is 0 Å². The standard InChI is InChI=1S/C23H29BrFN3O3/c1-23(27-22(29)18-8-9-19(26)20(24)21(18)30-2)10-13-28(14-11-23)12-3-15-31-17-6-4-16(25)5-7-17/h4-9H,3,10-15,26H2,1-2H3,(H,27,29)/i24-3. The Morgan fingerprint density at radius 2 is 1.90 bits per heavy atom. The number of carbonyl (C=O) groups is 1. The summed E-state index contributed by atoms with van der Waals surface area (Å²) in [6, 6.07) is 9.45. The molecule has 3 N–H and O–H groups in total. The fourth-order valence-corrected chi connectivity index (χ4v) is 4.20. The number of nitrogens with two attached hydrogens (primary N) is 1. The molecule has 0 spiro atoms. The normalized spacial score (nSPS) is 16.0. The van der Waals surface area contributed by atoms with E-state index in [9.17, 15) is 9.18 Å². The minimum Gasteiger partial charge on any atom is -0.495 e. The summed E-state index contributed by atoms with van der Waals surface area (Å²) in [5.41, 5.74) is 6.60. The molecule has 1 aliphatic heterocycles. The van der Waals surface area contributed by atoms with Gasteiger partial charge in [-0.15, -0.1) is 0 Å². The molecule has 0 atom stereocenters. The van der Waals surface area contributed by atoms with Gasteiger partial charge in [0.15, 0.2) is 0 Å². The molecule has 1 amide bonds. The Kier molecular flexibility index (Phi) is 7.78. The van der Waals surface area contributed by atoms with Gasteiger partial charge < -0.3 is 25.4 Å². The van der Waals surface area contributed by atoms with E-state index in [4.69, 9.17) is 15.2 Å². The number of benzene rings is 2. The van der Waals surface area contributed by atoms with E-state index >= 15 is 0 Å². The number of hydrogen-bond acceptors (Lipinski definition) is 5. The fourth-order valence-electron chi connectivity index (χ4n) is 3.70. The zero-order valence-corrected chi connectivity index (χ0v) is 19.5. The minimum atomic E-state index is -0.281. The molecule has 168 valence electrons. The van der Waals surface area contributed by atoms with E-state index in [0.29, 0.717) is 33.8 Å². The maximum absolute atomic E-state index is 12.9. The average molecular weight is 491 g/mol. The molecule has 0 bridgehead atoms. The summed E-state index contributed by atoms with van der Waals surface area (Å²) in [5, 5.41) is 3.18. The number of piperidine rings is 1. The maximum Gasteiger partial charge on any atom is 0.255 e. The first-order chi connectivity index (χ1) is 14.8. The first-order valence-electron chi connectivity index (χ1n) is 10.4. The van der Waals surface area contributed by atoms with Gasteiger partial charge in [-0.25, -0.2) is 4.39 Å². The van der Waals surface area contributed by atoms with Crippen LogP contribution in [0.15, 0.2) is 40.9 Å². The SMILES string of the molecule is COc1c(C(=O)NC2(C)CCN(CCCOc3ccc(F)cc3)CC2)ccc(N)c1[77Br]. The van der Waals surface area contributed by atoms with Crippen LogP contribution in [0.5, 0.6) is 11.5 Å². The van der Waals surface area contributed by atoms with Crippen molar-refractivity contribution >= 4 is 27.5 Å². The topological polar surface area (TPSA) is 76.8 Å². The molecule has 8 heteroatoms. The summed E-state index contributed by atoms with van der Waals surface area (Å²) in [6.45, 7) is 5.39. The van der Waals surface area contributed by atoms with E-state index in [2.05, 4.69) is 33.1 Å². The lowest BCUT2D eigenvalue weighted by atomic mass is 9.89. The molecule has 1 aliphatic rings. The van der Waals surface area contributed by atoms with Crippen LogP contribution in [0.1, 0.15) is 36.5 Å². The molecule has 0 aromatic heterocycles. The lowest BCUT2D eigenvalue weighted by molar-refractivity contribution is 0.0827. The van der Waals surface area contributed by atoms with E-state index < -0.39 is 0 Å². The van der Waals surface area contributed by atoms with Gasteiger partial charge in [-0.05, 0) is 78.5 Å². The predicted octanol–water partition coefficient (Wildman–Crippen LogP) is 4.23. The lowest BCUT2D eigenvalue weighted by Crippen LogP contribution is -2.53. The highest BCUT2D eigenvalue weighted by molar-refractivity contribution is 9.10. The van der Waals surface area contributed by atoms with Gasteiger partial charge in [0.25, 0.3) is 5.91 Å². The summed E-state index contributed by atoms with van der Waals surface area (Å²) in [4.78, 5) is 15.3. The van der Waals surface area contributed by atoms with Gasteiger partial charge in [-0.1, -0.05) is 0 Å². The third kappa shape index (κ3) is 6.11. The van der Waals surface area contributed by atoms with Crippen molar-refractivity contribution in [1.82, 2.24) is 10.2 Å². The second kappa shape index (κ2) is 10.3. The molecule has 0 aliphatic carbocycles. The number of nitrogen functional groups attached to an aromatic ring is 1. The molecule has 2 aromatic carbocycles. The number of likely N-dealkylation sites (tertiary alicyclic amines) is 1. The highest BCUT2D eigenvalue weighted by Gasteiger charge is 2.32. The second-order valence-corrected chi connectivity index (χ2v) is 8.85. The highest BCUT2D eigenvalue weighted by Crippen LogP contribution is 2.34. The van der Waals surface area contributed by atoms with Crippen LogP contribution in [0.2, 0.25) is 0 Å². The highest BCUT2D eigenvalue weighted by atomic mass is 76.9. The van der Waals surface area contributed by atoms with Crippen LogP contribution in [0.4, 0.5) is 10.1 Å². The number of nitrogens with one attached hydrogen (secondary N) is 1. The average Bonchev–Trinajstić information content (AvgIpc) is 2.75. The maximum atomic E-state index is 12.9. The van der Waals surface area contributed by atoms with E-state index in [-0.39, 0.29) is 17.3 Å². The third-order valence-electron chi connectivity index (χ3n) is 5.65. The van der Waals surface area contributed by atoms with Gasteiger partial charge in [0.1, 0.15) is 17.3 Å². The van der Waals surface area contributed by atoms with E-state index in [0.717, 1.165) is 38.9 Å². The third-order valence-corrected chi connectivity index (χ3v) is 6.47. The van der Waals surface area contributed by atoms with Crippen LogP contribution in [-0.2, 0) is 0 Å². The molecule has 3 rings (SSSR count). The van der Waals surface area contributed by atoms with Crippen molar-refractivity contribution in [2.75, 3.05) is 39.1 Å². The number of rotatable bonds is 8. The summed E-state index contributed by atoms with van der Waals surface area (Å²) < 4.78 is 24.6. The second-order valence-electron chi connectivity index (χ2n) is 8.06. The van der Waals surface area contributed by atoms with E-state index in [1.54, 1.807) is 24.3 Å². The Morgan fingerprint density at radius 1 is 1.23 bits per heavy atom. The first-order valence-corrected chi connectivity index (χ1v) is 11.2. The van der Waals surface area contributed by atoms with Crippen molar-refractivity contribution in [1.29, 1.82) is 0 Å². The number of nitrogens with zero attached hydrogens (tertiary/aromatic N) is 1. The van der Waals surface area contributed by atoms with Crippen LogP contribution in [0.3, 0.4) is 0 Å². The molecule has 0 saturated carbocycles. The summed E-state index contributed by atoms with van der Waals surface area (Å²) >= 11 is 3.39. The Hall–Kier alpha value is -2.32. The predicted molar refractivity (Wildman–Crippen MR) is 123 cm³/mol. The van der Waals surface area contributed by atoms with Gasteiger partial charge in [-0.3, -0.25) is 4.79 Å². The number of anilines is 1. The zero-order chi connectivity index (χ0) is 22.4. The van der Waals surface area contributed by atoms with Crippen LogP contribution in [-0.4, -0.2) is 49.7 Å². The Labute approximate surface area is 191 Å². The van der Waals surface area contributed by atoms with Gasteiger partial charge in [0.2, 0.25) is 0 Å². The van der Waals surface area contributed by atoms with Crippen LogP contribution >= 0.6 is 15.9 Å². The Bertz CT molecular complexity index is 900. The number of halogens is 2. The van der Waals surface area contributed by atoms with Crippen molar-refractivity contribution in [3.05, 3.63) is 52.3 Å². The lowest BCUT2D eigenvalue weighted by Gasteiger charge is -2.40. The largest absolute Gasteiger partial charge is 0.495 e. The van der Waals surface area contributed by atoms with Crippen molar-refractivity contribution in [3.8, 4) is 11.5 Å². The summed E-state index contributed by atoms with van der Waals surface area (Å²) in [5.74, 6) is 0.694. The molecular formula is C23H29BrFN3O3. The van der Waals surface area contributed by atoms with Gasteiger partial charge in [0.05, 0.1) is 23.8 Å². The van der Waals surface area contributed by atoms with Crippen LogP contribution in [0.25, 0.3) is 0 Å². The number of carbonyl (C=O) groups excluding carboxylic acids is 1. The number of ether oxygens (including phenoxy) is 2. The molecule has 2 aromatic rings. The fraction of sp³-hybridized carbons (Fsp3) is 0.435. The van der Waals surface area contributed by atoms with E-state index in [1.807, 2.05) is 0 Å². The monoisotopic (exact) mass is 491 g/mol. The first kappa shape index (κ1) is 23.3. The van der Waals surface area contributed by atoms with Crippen molar-refractivity contribution in [3.63, 3.8) is 0 Å². The smallest absolute Gasteiger partial charge is 0.255 e.